The van der Waals surface area contributed by atoms with Crippen molar-refractivity contribution in [2.75, 3.05) is 0 Å². The molecule has 1 aromatic carbocycles. The minimum absolute atomic E-state index is 0.0163. The molecular weight excluding hydrogens is 389 g/mol. The van der Waals surface area contributed by atoms with Gasteiger partial charge in [-0.05, 0) is 46.1 Å². The Bertz CT molecular complexity index is 546. The van der Waals surface area contributed by atoms with Crippen LogP contribution in [0.15, 0.2) is 45.7 Å². The lowest BCUT2D eigenvalue weighted by molar-refractivity contribution is -0.137. The van der Waals surface area contributed by atoms with E-state index in [9.17, 15) is 13.2 Å². The summed E-state index contributed by atoms with van der Waals surface area (Å²) < 4.78 is 43.0. The van der Waals surface area contributed by atoms with Crippen LogP contribution in [0, 0.1) is 0 Å². The molecule has 1 heterocycles. The average molecular weight is 398 g/mol. The van der Waals surface area contributed by atoms with E-state index in [4.69, 9.17) is 4.42 Å². The lowest BCUT2D eigenvalue weighted by atomic mass is 10.0. The van der Waals surface area contributed by atoms with Crippen LogP contribution >= 0.6 is 31.9 Å². The Morgan fingerprint density at radius 3 is 2.21 bits per heavy atom. The topological polar surface area (TPSA) is 13.1 Å². The standard InChI is InChI=1S/C13H9Br2F3O/c14-11(10-5-6-19-12(10)15)7-8-1-3-9(4-2-8)13(16,17)18/h1-6,11H,7H2. The molecule has 0 fully saturated rings. The summed E-state index contributed by atoms with van der Waals surface area (Å²) >= 11 is 6.77. The molecule has 6 heteroatoms. The average Bonchev–Trinajstić information content (AvgIpc) is 2.75. The third kappa shape index (κ3) is 3.63. The maximum Gasteiger partial charge on any atom is 0.416 e. The van der Waals surface area contributed by atoms with Crippen LogP contribution in [-0.4, -0.2) is 0 Å². The third-order valence-electron chi connectivity index (χ3n) is 2.68. The molecule has 0 bridgehead atoms. The first kappa shape index (κ1) is 14.7. The summed E-state index contributed by atoms with van der Waals surface area (Å²) in [5.41, 5.74) is 1.12. The zero-order valence-electron chi connectivity index (χ0n) is 9.55. The third-order valence-corrected chi connectivity index (χ3v) is 4.14. The normalized spacial score (nSPS) is 13.5. The molecule has 0 saturated carbocycles. The van der Waals surface area contributed by atoms with E-state index in [0.717, 1.165) is 23.3 Å². The van der Waals surface area contributed by atoms with Gasteiger partial charge in [-0.3, -0.25) is 0 Å². The fraction of sp³-hybridized carbons (Fsp3) is 0.231. The number of hydrogen-bond acceptors (Lipinski definition) is 1. The molecule has 2 aromatic rings. The van der Waals surface area contributed by atoms with E-state index in [-0.39, 0.29) is 4.83 Å². The van der Waals surface area contributed by atoms with Crippen LogP contribution in [0.25, 0.3) is 0 Å². The van der Waals surface area contributed by atoms with Crippen molar-refractivity contribution in [2.24, 2.45) is 0 Å². The lowest BCUT2D eigenvalue weighted by Gasteiger charge is -2.10. The monoisotopic (exact) mass is 396 g/mol. The van der Waals surface area contributed by atoms with Crippen LogP contribution in [0.5, 0.6) is 0 Å². The molecule has 2 rings (SSSR count). The minimum Gasteiger partial charge on any atom is -0.457 e. The van der Waals surface area contributed by atoms with Crippen molar-refractivity contribution < 1.29 is 17.6 Å². The van der Waals surface area contributed by atoms with Crippen molar-refractivity contribution in [1.29, 1.82) is 0 Å². The lowest BCUT2D eigenvalue weighted by Crippen LogP contribution is -2.04. The zero-order valence-corrected chi connectivity index (χ0v) is 12.7. The summed E-state index contributed by atoms with van der Waals surface area (Å²) in [7, 11) is 0. The summed E-state index contributed by atoms with van der Waals surface area (Å²) in [6.45, 7) is 0. The molecule has 0 amide bonds. The van der Waals surface area contributed by atoms with Crippen LogP contribution < -0.4 is 0 Å². The van der Waals surface area contributed by atoms with Crippen molar-refractivity contribution in [3.8, 4) is 0 Å². The first-order valence-electron chi connectivity index (χ1n) is 5.41. The first-order chi connectivity index (χ1) is 8.88. The maximum atomic E-state index is 12.4. The predicted octanol–water partition coefficient (Wildman–Crippen LogP) is 5.74. The van der Waals surface area contributed by atoms with E-state index < -0.39 is 11.7 Å². The van der Waals surface area contributed by atoms with E-state index in [1.165, 1.54) is 12.1 Å². The van der Waals surface area contributed by atoms with Gasteiger partial charge in [-0.15, -0.1) is 0 Å². The van der Waals surface area contributed by atoms with Gasteiger partial charge in [0.05, 0.1) is 11.8 Å². The SMILES string of the molecule is FC(F)(F)c1ccc(CC(Br)c2ccoc2Br)cc1. The number of hydrogen-bond donors (Lipinski definition) is 0. The van der Waals surface area contributed by atoms with Gasteiger partial charge < -0.3 is 4.42 Å². The highest BCUT2D eigenvalue weighted by Gasteiger charge is 2.30. The fourth-order valence-corrected chi connectivity index (χ4v) is 3.23. The molecule has 19 heavy (non-hydrogen) atoms. The Labute approximate surface area is 125 Å². The number of furan rings is 1. The van der Waals surface area contributed by atoms with Gasteiger partial charge in [0, 0.05) is 10.4 Å². The van der Waals surface area contributed by atoms with Crippen LogP contribution in [0.1, 0.15) is 21.5 Å². The Balaban J connectivity index is 2.10. The highest BCUT2D eigenvalue weighted by atomic mass is 79.9. The number of benzene rings is 1. The molecule has 0 aliphatic heterocycles. The molecule has 1 nitrogen and oxygen atoms in total. The van der Waals surface area contributed by atoms with Crippen LogP contribution in [-0.2, 0) is 12.6 Å². The molecule has 0 N–H and O–H groups in total. The second kappa shape index (κ2) is 5.71. The van der Waals surface area contributed by atoms with E-state index >= 15 is 0 Å². The van der Waals surface area contributed by atoms with Crippen LogP contribution in [0.3, 0.4) is 0 Å². The van der Waals surface area contributed by atoms with Crippen molar-refractivity contribution in [1.82, 2.24) is 0 Å². The number of alkyl halides is 4. The molecule has 0 aliphatic carbocycles. The van der Waals surface area contributed by atoms with Gasteiger partial charge in [0.25, 0.3) is 0 Å². The van der Waals surface area contributed by atoms with Gasteiger partial charge in [-0.2, -0.15) is 13.2 Å². The highest BCUT2D eigenvalue weighted by Crippen LogP contribution is 2.34. The van der Waals surface area contributed by atoms with Crippen LogP contribution in [0.2, 0.25) is 0 Å². The second-order valence-electron chi connectivity index (χ2n) is 4.02. The van der Waals surface area contributed by atoms with Gasteiger partial charge in [-0.25, -0.2) is 0 Å². The Morgan fingerprint density at radius 2 is 1.74 bits per heavy atom. The van der Waals surface area contributed by atoms with Crippen LogP contribution in [0.4, 0.5) is 13.2 Å². The summed E-state index contributed by atoms with van der Waals surface area (Å²) in [5.74, 6) is 0. The van der Waals surface area contributed by atoms with Crippen molar-refractivity contribution in [2.45, 2.75) is 17.4 Å². The van der Waals surface area contributed by atoms with Gasteiger partial charge in [0.1, 0.15) is 0 Å². The second-order valence-corrected chi connectivity index (χ2v) is 5.84. The maximum absolute atomic E-state index is 12.4. The molecule has 0 saturated heterocycles. The molecule has 1 unspecified atom stereocenters. The quantitative estimate of drug-likeness (QED) is 0.602. The summed E-state index contributed by atoms with van der Waals surface area (Å²) in [6.07, 6.45) is -2.16. The highest BCUT2D eigenvalue weighted by molar-refractivity contribution is 9.10. The summed E-state index contributed by atoms with van der Waals surface area (Å²) in [4.78, 5) is -0.0163. The van der Waals surface area contributed by atoms with E-state index in [2.05, 4.69) is 31.9 Å². The Kier molecular flexibility index (Phi) is 4.40. The molecule has 1 aromatic heterocycles. The number of halogens is 5. The van der Waals surface area contributed by atoms with E-state index in [0.29, 0.717) is 11.1 Å². The Hall–Kier alpha value is -0.750. The smallest absolute Gasteiger partial charge is 0.416 e. The molecule has 1 atom stereocenters. The zero-order chi connectivity index (χ0) is 14.0. The number of rotatable bonds is 3. The summed E-state index contributed by atoms with van der Waals surface area (Å²) in [5, 5.41) is 0. The van der Waals surface area contributed by atoms with Crippen molar-refractivity contribution >= 4 is 31.9 Å². The van der Waals surface area contributed by atoms with Gasteiger partial charge >= 0.3 is 6.18 Å². The molecule has 0 radical (unpaired) electrons. The van der Waals surface area contributed by atoms with E-state index in [1.54, 1.807) is 6.26 Å². The van der Waals surface area contributed by atoms with E-state index in [1.807, 2.05) is 6.07 Å². The molecule has 102 valence electrons. The largest absolute Gasteiger partial charge is 0.457 e. The van der Waals surface area contributed by atoms with Gasteiger partial charge in [0.2, 0.25) is 0 Å². The summed E-state index contributed by atoms with van der Waals surface area (Å²) in [6, 6.07) is 6.99. The first-order valence-corrected chi connectivity index (χ1v) is 7.12. The molecule has 0 spiro atoms. The van der Waals surface area contributed by atoms with Crippen molar-refractivity contribution in [3.05, 3.63) is 58.0 Å². The predicted molar refractivity (Wildman–Crippen MR) is 73.2 cm³/mol. The van der Waals surface area contributed by atoms with Gasteiger partial charge in [0.15, 0.2) is 4.67 Å². The van der Waals surface area contributed by atoms with Crippen molar-refractivity contribution in [3.63, 3.8) is 0 Å². The Morgan fingerprint density at radius 1 is 1.11 bits per heavy atom. The molecule has 0 aliphatic rings. The fourth-order valence-electron chi connectivity index (χ4n) is 1.67. The minimum atomic E-state index is -4.29. The molecular formula is C13H9Br2F3O. The van der Waals surface area contributed by atoms with Gasteiger partial charge in [-0.1, -0.05) is 28.1 Å².